The molecule has 0 aliphatic rings. The first-order chi connectivity index (χ1) is 10.0. The van der Waals surface area contributed by atoms with Gasteiger partial charge in [-0.2, -0.15) is 0 Å². The van der Waals surface area contributed by atoms with Gasteiger partial charge >= 0.3 is 0 Å². The van der Waals surface area contributed by atoms with E-state index in [0.29, 0.717) is 26.3 Å². The van der Waals surface area contributed by atoms with Crippen LogP contribution in [0.5, 0.6) is 0 Å². The van der Waals surface area contributed by atoms with E-state index in [9.17, 15) is 4.79 Å². The number of amides is 1. The molecule has 0 radical (unpaired) electrons. The lowest BCUT2D eigenvalue weighted by Gasteiger charge is -2.10. The molecule has 1 amide bonds. The molecule has 2 aromatic carbocycles. The van der Waals surface area contributed by atoms with E-state index in [1.165, 1.54) is 0 Å². The number of anilines is 1. The van der Waals surface area contributed by atoms with Crippen LogP contribution in [0.4, 0.5) is 5.69 Å². The summed E-state index contributed by atoms with van der Waals surface area (Å²) in [6, 6.07) is 11.6. The highest BCUT2D eigenvalue weighted by atomic mass is 79.9. The highest BCUT2D eigenvalue weighted by Crippen LogP contribution is 2.24. The van der Waals surface area contributed by atoms with Gasteiger partial charge in [-0.25, -0.2) is 0 Å². The molecular weight excluding hydrogens is 358 g/mol. The lowest BCUT2D eigenvalue weighted by atomic mass is 10.1. The van der Waals surface area contributed by atoms with Gasteiger partial charge in [0.25, 0.3) is 5.91 Å². The molecule has 0 unspecified atom stereocenters. The molecule has 0 saturated carbocycles. The van der Waals surface area contributed by atoms with Gasteiger partial charge in [0.15, 0.2) is 5.84 Å². The smallest absolute Gasteiger partial charge is 0.255 e. The molecule has 2 aromatic rings. The fourth-order valence-electron chi connectivity index (χ4n) is 1.70. The lowest BCUT2D eigenvalue weighted by Crippen LogP contribution is -2.19. The van der Waals surface area contributed by atoms with Crippen molar-refractivity contribution < 1.29 is 10.0 Å². The van der Waals surface area contributed by atoms with E-state index in [1.807, 2.05) is 0 Å². The highest BCUT2D eigenvalue weighted by molar-refractivity contribution is 9.10. The number of nitrogens with one attached hydrogen (secondary N) is 1. The van der Waals surface area contributed by atoms with Gasteiger partial charge in [0.05, 0.1) is 10.7 Å². The molecule has 0 heterocycles. The molecule has 0 saturated heterocycles. The van der Waals surface area contributed by atoms with Gasteiger partial charge in [-0.3, -0.25) is 4.79 Å². The van der Waals surface area contributed by atoms with E-state index in [-0.39, 0.29) is 11.7 Å². The van der Waals surface area contributed by atoms with Crippen molar-refractivity contribution in [2.45, 2.75) is 0 Å². The summed E-state index contributed by atoms with van der Waals surface area (Å²) in [5.74, 6) is -0.428. The minimum absolute atomic E-state index is 0.0836. The molecule has 0 aliphatic heterocycles. The molecule has 0 spiro atoms. The summed E-state index contributed by atoms with van der Waals surface area (Å²) >= 11 is 9.23. The van der Waals surface area contributed by atoms with Gasteiger partial charge in [0.2, 0.25) is 0 Å². The number of carbonyl (C=O) groups is 1. The fourth-order valence-corrected chi connectivity index (χ4v) is 2.13. The van der Waals surface area contributed by atoms with Crippen LogP contribution < -0.4 is 11.1 Å². The monoisotopic (exact) mass is 367 g/mol. The van der Waals surface area contributed by atoms with Crippen LogP contribution in [0.2, 0.25) is 5.02 Å². The zero-order chi connectivity index (χ0) is 15.4. The Bertz CT molecular complexity index is 719. The largest absolute Gasteiger partial charge is 0.409 e. The fraction of sp³-hybridized carbons (Fsp3) is 0. The molecule has 0 aliphatic carbocycles. The van der Waals surface area contributed by atoms with Gasteiger partial charge in [-0.15, -0.1) is 0 Å². The van der Waals surface area contributed by atoms with Crippen molar-refractivity contribution in [3.8, 4) is 0 Å². The van der Waals surface area contributed by atoms with Crippen molar-refractivity contribution in [3.05, 3.63) is 63.1 Å². The van der Waals surface area contributed by atoms with Crippen LogP contribution in [0.25, 0.3) is 0 Å². The number of oxime groups is 1. The van der Waals surface area contributed by atoms with Crippen LogP contribution in [0.1, 0.15) is 15.9 Å². The van der Waals surface area contributed by atoms with Crippen LogP contribution in [0.3, 0.4) is 0 Å². The Kier molecular flexibility index (Phi) is 4.82. The molecular formula is C14H11BrClN3O2. The predicted octanol–water partition coefficient (Wildman–Crippen LogP) is 3.45. The molecule has 4 N–H and O–H groups in total. The van der Waals surface area contributed by atoms with E-state index in [4.69, 9.17) is 22.5 Å². The van der Waals surface area contributed by atoms with Crippen LogP contribution in [0, 0.1) is 0 Å². The van der Waals surface area contributed by atoms with E-state index < -0.39 is 0 Å². The van der Waals surface area contributed by atoms with E-state index in [0.717, 1.165) is 0 Å². The quantitative estimate of drug-likeness (QED) is 0.335. The molecule has 7 heteroatoms. The molecule has 0 aromatic heterocycles. The van der Waals surface area contributed by atoms with Crippen LogP contribution in [-0.2, 0) is 0 Å². The first-order valence-electron chi connectivity index (χ1n) is 5.86. The molecule has 5 nitrogen and oxygen atoms in total. The average molecular weight is 369 g/mol. The van der Waals surface area contributed by atoms with Crippen molar-refractivity contribution in [1.29, 1.82) is 0 Å². The number of para-hydroxylation sites is 1. The Hall–Kier alpha value is -2.05. The van der Waals surface area contributed by atoms with Gasteiger partial charge in [-0.05, 0) is 46.3 Å². The summed E-state index contributed by atoms with van der Waals surface area (Å²) in [7, 11) is 0. The van der Waals surface area contributed by atoms with Crippen molar-refractivity contribution in [1.82, 2.24) is 0 Å². The molecule has 21 heavy (non-hydrogen) atoms. The topological polar surface area (TPSA) is 87.7 Å². The number of nitrogens with two attached hydrogens (primary N) is 1. The van der Waals surface area contributed by atoms with Crippen LogP contribution >= 0.6 is 27.5 Å². The number of hydrogen-bond donors (Lipinski definition) is 3. The van der Waals surface area contributed by atoms with Crippen molar-refractivity contribution >= 4 is 45.0 Å². The third-order valence-electron chi connectivity index (χ3n) is 2.74. The summed E-state index contributed by atoms with van der Waals surface area (Å²) in [4.78, 5) is 12.2. The number of halogens is 2. The molecule has 0 fully saturated rings. The van der Waals surface area contributed by atoms with Crippen LogP contribution in [-0.4, -0.2) is 17.0 Å². The minimum atomic E-state index is -0.345. The third kappa shape index (κ3) is 3.53. The Morgan fingerprint density at radius 2 is 2.00 bits per heavy atom. The van der Waals surface area contributed by atoms with Crippen molar-refractivity contribution in [2.75, 3.05) is 5.32 Å². The zero-order valence-corrected chi connectivity index (χ0v) is 13.0. The van der Waals surface area contributed by atoms with Gasteiger partial charge in [0.1, 0.15) is 0 Å². The number of benzene rings is 2. The van der Waals surface area contributed by atoms with Gasteiger partial charge in [0, 0.05) is 15.6 Å². The maximum Gasteiger partial charge on any atom is 0.255 e. The normalized spacial score (nSPS) is 11.2. The molecule has 0 atom stereocenters. The van der Waals surface area contributed by atoms with E-state index in [1.54, 1.807) is 42.5 Å². The SMILES string of the molecule is N/C(=N/O)c1ccccc1NC(=O)c1ccc(Br)c(Cl)c1. The summed E-state index contributed by atoms with van der Waals surface area (Å²) in [5, 5.41) is 14.8. The second-order valence-electron chi connectivity index (χ2n) is 4.11. The third-order valence-corrected chi connectivity index (χ3v) is 3.97. The van der Waals surface area contributed by atoms with E-state index in [2.05, 4.69) is 26.4 Å². The van der Waals surface area contributed by atoms with Gasteiger partial charge in [-0.1, -0.05) is 28.9 Å². The number of hydrogen-bond acceptors (Lipinski definition) is 3. The average Bonchev–Trinajstić information content (AvgIpc) is 2.49. The minimum Gasteiger partial charge on any atom is -0.409 e. The number of amidine groups is 1. The molecule has 0 bridgehead atoms. The van der Waals surface area contributed by atoms with Crippen molar-refractivity contribution in [3.63, 3.8) is 0 Å². The van der Waals surface area contributed by atoms with Crippen molar-refractivity contribution in [2.24, 2.45) is 10.9 Å². The summed E-state index contributed by atoms with van der Waals surface area (Å²) in [5.41, 5.74) is 6.84. The number of nitrogens with zero attached hydrogens (tertiary/aromatic N) is 1. The first-order valence-corrected chi connectivity index (χ1v) is 7.03. The predicted molar refractivity (Wildman–Crippen MR) is 86.1 cm³/mol. The zero-order valence-electron chi connectivity index (χ0n) is 10.7. The summed E-state index contributed by atoms with van der Waals surface area (Å²) < 4.78 is 0.706. The highest BCUT2D eigenvalue weighted by Gasteiger charge is 2.12. The Balaban J connectivity index is 2.30. The Morgan fingerprint density at radius 3 is 2.67 bits per heavy atom. The number of rotatable bonds is 3. The lowest BCUT2D eigenvalue weighted by molar-refractivity contribution is 0.102. The second kappa shape index (κ2) is 6.60. The number of carbonyl (C=O) groups excluding carboxylic acids is 1. The Morgan fingerprint density at radius 1 is 1.29 bits per heavy atom. The van der Waals surface area contributed by atoms with Gasteiger partial charge < -0.3 is 16.3 Å². The Labute approximate surface area is 134 Å². The molecule has 108 valence electrons. The maximum absolute atomic E-state index is 12.2. The summed E-state index contributed by atoms with van der Waals surface area (Å²) in [6.07, 6.45) is 0. The maximum atomic E-state index is 12.2. The first kappa shape index (κ1) is 15.3. The molecule has 2 rings (SSSR count). The van der Waals surface area contributed by atoms with E-state index >= 15 is 0 Å². The standard InChI is InChI=1S/C14H11BrClN3O2/c15-10-6-5-8(7-11(10)16)14(20)18-12-4-2-1-3-9(12)13(17)19-21/h1-7,21H,(H2,17,19)(H,18,20). The second-order valence-corrected chi connectivity index (χ2v) is 5.38. The summed E-state index contributed by atoms with van der Waals surface area (Å²) in [6.45, 7) is 0. The van der Waals surface area contributed by atoms with Crippen LogP contribution in [0.15, 0.2) is 52.1 Å².